The van der Waals surface area contributed by atoms with Gasteiger partial charge in [-0.1, -0.05) is 13.8 Å². The van der Waals surface area contributed by atoms with Gasteiger partial charge >= 0.3 is 12.0 Å². The van der Waals surface area contributed by atoms with E-state index in [1.165, 1.54) is 11.8 Å². The molecule has 0 saturated carbocycles. The monoisotopic (exact) mass is 396 g/mol. The lowest BCUT2D eigenvalue weighted by Gasteiger charge is -2.18. The number of nitrogens with one attached hydrogen (secondary N) is 2. The molecule has 0 fully saturated rings. The van der Waals surface area contributed by atoms with Crippen molar-refractivity contribution in [2.24, 2.45) is 5.92 Å². The molecule has 2 N–H and O–H groups in total. The van der Waals surface area contributed by atoms with Crippen LogP contribution in [0.4, 0.5) is 4.79 Å². The molecule has 27 heavy (non-hydrogen) atoms. The summed E-state index contributed by atoms with van der Waals surface area (Å²) in [5.41, 5.74) is 0. The molecule has 1 aliphatic heterocycles. The molecule has 1 aliphatic rings. The first-order valence-electron chi connectivity index (χ1n) is 8.70. The smallest absolute Gasteiger partial charge is 0.321 e. The van der Waals surface area contributed by atoms with Crippen molar-refractivity contribution in [1.82, 2.24) is 10.6 Å². The van der Waals surface area contributed by atoms with Crippen molar-refractivity contribution in [1.29, 1.82) is 0 Å². The van der Waals surface area contributed by atoms with Crippen LogP contribution in [-0.4, -0.2) is 50.0 Å². The van der Waals surface area contributed by atoms with Crippen LogP contribution in [0.3, 0.4) is 0 Å². The minimum atomic E-state index is -0.672. The van der Waals surface area contributed by atoms with Gasteiger partial charge in [0.1, 0.15) is 13.2 Å². The van der Waals surface area contributed by atoms with Crippen molar-refractivity contribution < 1.29 is 28.6 Å². The Morgan fingerprint density at radius 2 is 1.93 bits per heavy atom. The van der Waals surface area contributed by atoms with Crippen molar-refractivity contribution >= 4 is 29.7 Å². The van der Waals surface area contributed by atoms with E-state index in [4.69, 9.17) is 14.2 Å². The molecule has 9 heteroatoms. The summed E-state index contributed by atoms with van der Waals surface area (Å²) < 4.78 is 15.8. The molecule has 0 radical (unpaired) electrons. The molecule has 0 aromatic heterocycles. The number of hydrogen-bond acceptors (Lipinski definition) is 7. The van der Waals surface area contributed by atoms with Crippen LogP contribution < -0.4 is 20.1 Å². The van der Waals surface area contributed by atoms with Gasteiger partial charge in [-0.25, -0.2) is 4.79 Å². The minimum Gasteiger partial charge on any atom is -0.486 e. The Morgan fingerprint density at radius 3 is 2.67 bits per heavy atom. The van der Waals surface area contributed by atoms with Crippen LogP contribution in [0.5, 0.6) is 11.5 Å². The number of rotatable bonds is 8. The molecule has 0 unspecified atom stereocenters. The number of ether oxygens (including phenoxy) is 3. The number of fused-ring (bicyclic) bond motifs is 1. The van der Waals surface area contributed by atoms with E-state index in [0.717, 1.165) is 11.3 Å². The number of thioether (sulfide) groups is 1. The fraction of sp³-hybridized carbons (Fsp3) is 0.500. The van der Waals surface area contributed by atoms with Crippen LogP contribution in [0.15, 0.2) is 23.1 Å². The Hall–Kier alpha value is -2.42. The molecule has 0 bridgehead atoms. The predicted octanol–water partition coefficient (Wildman–Crippen LogP) is 1.97. The number of carbonyl (C=O) groups excluding carboxylic acids is 3. The number of imide groups is 1. The van der Waals surface area contributed by atoms with Crippen LogP contribution in [0, 0.1) is 5.92 Å². The van der Waals surface area contributed by atoms with Gasteiger partial charge in [-0.05, 0) is 30.5 Å². The van der Waals surface area contributed by atoms with E-state index < -0.39 is 24.5 Å². The van der Waals surface area contributed by atoms with Gasteiger partial charge in [-0.3, -0.25) is 14.9 Å². The normalized spacial score (nSPS) is 12.4. The van der Waals surface area contributed by atoms with Gasteiger partial charge in [-0.2, -0.15) is 0 Å². The maximum atomic E-state index is 11.8. The van der Waals surface area contributed by atoms with Gasteiger partial charge in [0, 0.05) is 11.4 Å². The molecule has 0 spiro atoms. The van der Waals surface area contributed by atoms with Crippen molar-refractivity contribution in [2.45, 2.75) is 25.2 Å². The van der Waals surface area contributed by atoms with Gasteiger partial charge < -0.3 is 19.5 Å². The Kier molecular flexibility index (Phi) is 8.25. The average Bonchev–Trinajstić information content (AvgIpc) is 2.64. The van der Waals surface area contributed by atoms with E-state index in [0.29, 0.717) is 37.2 Å². The Labute approximate surface area is 162 Å². The van der Waals surface area contributed by atoms with Crippen LogP contribution >= 0.6 is 11.8 Å². The quantitative estimate of drug-likeness (QED) is 0.511. The molecule has 148 valence electrons. The third-order valence-corrected chi connectivity index (χ3v) is 4.46. The summed E-state index contributed by atoms with van der Waals surface area (Å²) in [4.78, 5) is 35.7. The molecule has 2 rings (SSSR count). The summed E-state index contributed by atoms with van der Waals surface area (Å²) >= 11 is 1.26. The van der Waals surface area contributed by atoms with E-state index in [1.807, 2.05) is 19.9 Å². The highest BCUT2D eigenvalue weighted by Gasteiger charge is 2.14. The highest BCUT2D eigenvalue weighted by Crippen LogP contribution is 2.34. The number of amides is 3. The molecule has 0 atom stereocenters. The molecule has 1 aromatic carbocycles. The van der Waals surface area contributed by atoms with E-state index in [-0.39, 0.29) is 5.75 Å². The summed E-state index contributed by atoms with van der Waals surface area (Å²) in [5, 5.41) is 4.68. The predicted molar refractivity (Wildman–Crippen MR) is 100 cm³/mol. The third-order valence-electron chi connectivity index (χ3n) is 3.49. The molecular weight excluding hydrogens is 372 g/mol. The fourth-order valence-corrected chi connectivity index (χ4v) is 2.85. The Balaban J connectivity index is 1.64. The van der Waals surface area contributed by atoms with Gasteiger partial charge in [-0.15, -0.1) is 11.8 Å². The molecule has 1 aromatic rings. The number of carbonyl (C=O) groups is 3. The van der Waals surface area contributed by atoms with E-state index in [2.05, 4.69) is 10.6 Å². The lowest BCUT2D eigenvalue weighted by atomic mass is 10.1. The molecule has 0 aliphatic carbocycles. The molecular formula is C18H24N2O6S. The van der Waals surface area contributed by atoms with Gasteiger partial charge in [0.05, 0.1) is 5.75 Å². The highest BCUT2D eigenvalue weighted by molar-refractivity contribution is 8.00. The van der Waals surface area contributed by atoms with Crippen LogP contribution in [0.1, 0.15) is 20.3 Å². The first-order valence-corrected chi connectivity index (χ1v) is 9.68. The molecule has 8 nitrogen and oxygen atoms in total. The second kappa shape index (κ2) is 10.7. The summed E-state index contributed by atoms with van der Waals surface area (Å²) in [6.07, 6.45) is 0.813. The van der Waals surface area contributed by atoms with Gasteiger partial charge in [0.15, 0.2) is 18.1 Å². The van der Waals surface area contributed by atoms with Crippen molar-refractivity contribution in [3.63, 3.8) is 0 Å². The minimum absolute atomic E-state index is 0.0352. The maximum Gasteiger partial charge on any atom is 0.321 e. The van der Waals surface area contributed by atoms with Gasteiger partial charge in [0.25, 0.3) is 5.91 Å². The largest absolute Gasteiger partial charge is 0.486 e. The fourth-order valence-electron chi connectivity index (χ4n) is 2.12. The lowest BCUT2D eigenvalue weighted by Crippen LogP contribution is -2.42. The molecule has 1 heterocycles. The third kappa shape index (κ3) is 7.78. The second-order valence-electron chi connectivity index (χ2n) is 6.24. The van der Waals surface area contributed by atoms with Crippen LogP contribution in [-0.2, 0) is 14.3 Å². The number of urea groups is 1. The second-order valence-corrected chi connectivity index (χ2v) is 7.29. The summed E-state index contributed by atoms with van der Waals surface area (Å²) in [5.74, 6) is 0.584. The standard InChI is InChI=1S/C18H24N2O6S/c1-12(2)5-6-19-18(23)20-16(21)10-26-17(22)11-27-13-3-4-14-15(9-13)25-8-7-24-14/h3-4,9,12H,5-8,10-11H2,1-2H3,(H2,19,20,21,23). The summed E-state index contributed by atoms with van der Waals surface area (Å²) in [6, 6.07) is 4.80. The van der Waals surface area contributed by atoms with Crippen molar-refractivity contribution in [2.75, 3.05) is 32.1 Å². The summed E-state index contributed by atoms with van der Waals surface area (Å²) in [6.45, 7) is 5.05. The van der Waals surface area contributed by atoms with E-state index in [9.17, 15) is 14.4 Å². The summed E-state index contributed by atoms with van der Waals surface area (Å²) in [7, 11) is 0. The van der Waals surface area contributed by atoms with Crippen molar-refractivity contribution in [3.8, 4) is 11.5 Å². The number of hydrogen-bond donors (Lipinski definition) is 2. The molecule has 3 amide bonds. The number of esters is 1. The zero-order valence-electron chi connectivity index (χ0n) is 15.4. The van der Waals surface area contributed by atoms with E-state index >= 15 is 0 Å². The first-order chi connectivity index (χ1) is 12.9. The highest BCUT2D eigenvalue weighted by atomic mass is 32.2. The van der Waals surface area contributed by atoms with Crippen molar-refractivity contribution in [3.05, 3.63) is 18.2 Å². The maximum absolute atomic E-state index is 11.8. The first kappa shape index (κ1) is 20.9. The van der Waals surface area contributed by atoms with Crippen LogP contribution in [0.25, 0.3) is 0 Å². The SMILES string of the molecule is CC(C)CCNC(=O)NC(=O)COC(=O)CSc1ccc2c(c1)OCCO2. The Bertz CT molecular complexity index is 680. The van der Waals surface area contributed by atoms with Crippen LogP contribution in [0.2, 0.25) is 0 Å². The zero-order chi connectivity index (χ0) is 19.6. The van der Waals surface area contributed by atoms with E-state index in [1.54, 1.807) is 12.1 Å². The topological polar surface area (TPSA) is 103 Å². The van der Waals surface area contributed by atoms with Gasteiger partial charge in [0.2, 0.25) is 0 Å². The lowest BCUT2D eigenvalue weighted by molar-refractivity contribution is -0.145. The molecule has 0 saturated heterocycles. The Morgan fingerprint density at radius 1 is 1.19 bits per heavy atom. The average molecular weight is 396 g/mol. The number of benzene rings is 1. The zero-order valence-corrected chi connectivity index (χ0v) is 16.2.